The van der Waals surface area contributed by atoms with E-state index >= 15 is 0 Å². The second kappa shape index (κ2) is 8.31. The van der Waals surface area contributed by atoms with E-state index in [-0.39, 0.29) is 11.2 Å². The molecule has 27 heavy (non-hydrogen) atoms. The SMILES string of the molecule is CN=C(NCCS(=O)(=O)c1ccccc1)NCC1(c2cccc(Cl)c2)CC1. The van der Waals surface area contributed by atoms with Crippen LogP contribution in [0.5, 0.6) is 0 Å². The first-order chi connectivity index (χ1) is 13.0. The molecule has 0 atom stereocenters. The van der Waals surface area contributed by atoms with E-state index in [4.69, 9.17) is 11.6 Å². The summed E-state index contributed by atoms with van der Waals surface area (Å²) < 4.78 is 24.7. The van der Waals surface area contributed by atoms with E-state index in [0.29, 0.717) is 17.4 Å². The first-order valence-electron chi connectivity index (χ1n) is 8.94. The van der Waals surface area contributed by atoms with Crippen LogP contribution in [0.3, 0.4) is 0 Å². The summed E-state index contributed by atoms with van der Waals surface area (Å²) in [5.41, 5.74) is 1.31. The molecule has 2 aromatic carbocycles. The predicted molar refractivity (Wildman–Crippen MR) is 110 cm³/mol. The quantitative estimate of drug-likeness (QED) is 0.548. The molecule has 1 aliphatic carbocycles. The minimum Gasteiger partial charge on any atom is -0.356 e. The van der Waals surface area contributed by atoms with Crippen molar-refractivity contribution in [1.29, 1.82) is 0 Å². The molecule has 0 aliphatic heterocycles. The summed E-state index contributed by atoms with van der Waals surface area (Å²) in [5, 5.41) is 7.15. The molecule has 1 aliphatic rings. The molecule has 3 rings (SSSR count). The second-order valence-corrected chi connectivity index (χ2v) is 9.32. The van der Waals surface area contributed by atoms with Crippen LogP contribution in [0, 0.1) is 0 Å². The average Bonchev–Trinajstić information content (AvgIpc) is 3.46. The molecular weight excluding hydrogens is 382 g/mol. The Morgan fingerprint density at radius 1 is 1.11 bits per heavy atom. The fourth-order valence-corrected chi connectivity index (χ4v) is 4.43. The van der Waals surface area contributed by atoms with Gasteiger partial charge >= 0.3 is 0 Å². The summed E-state index contributed by atoms with van der Waals surface area (Å²) in [6.07, 6.45) is 2.19. The standard InChI is InChI=1S/C20H24ClN3O2S/c1-22-19(23-12-13-27(25,26)18-8-3-2-4-9-18)24-15-20(10-11-20)16-6-5-7-17(21)14-16/h2-9,14H,10-13,15H2,1H3,(H2,22,23,24). The number of sulfone groups is 1. The van der Waals surface area contributed by atoms with Crippen LogP contribution in [0.15, 0.2) is 64.5 Å². The maximum atomic E-state index is 12.3. The van der Waals surface area contributed by atoms with Crippen molar-refractivity contribution in [3.05, 3.63) is 65.2 Å². The number of rotatable bonds is 7. The molecule has 0 radical (unpaired) electrons. The molecule has 0 bridgehead atoms. The maximum Gasteiger partial charge on any atom is 0.191 e. The van der Waals surface area contributed by atoms with E-state index in [2.05, 4.69) is 21.7 Å². The molecule has 2 N–H and O–H groups in total. The van der Waals surface area contributed by atoms with Gasteiger partial charge in [0.15, 0.2) is 15.8 Å². The van der Waals surface area contributed by atoms with E-state index in [9.17, 15) is 8.42 Å². The molecule has 1 saturated carbocycles. The van der Waals surface area contributed by atoms with Gasteiger partial charge in [-0.05, 0) is 42.7 Å². The van der Waals surface area contributed by atoms with Crippen LogP contribution >= 0.6 is 11.6 Å². The summed E-state index contributed by atoms with van der Waals surface area (Å²) in [6, 6.07) is 16.5. The normalized spacial score (nSPS) is 16.0. The fourth-order valence-electron chi connectivity index (χ4n) is 3.06. The highest BCUT2D eigenvalue weighted by Crippen LogP contribution is 2.48. The Labute approximate surface area is 165 Å². The van der Waals surface area contributed by atoms with Gasteiger partial charge in [0.2, 0.25) is 0 Å². The molecule has 7 heteroatoms. The third kappa shape index (κ3) is 5.02. The van der Waals surface area contributed by atoms with Crippen molar-refractivity contribution in [3.63, 3.8) is 0 Å². The lowest BCUT2D eigenvalue weighted by atomic mass is 9.96. The average molecular weight is 406 g/mol. The molecule has 0 saturated heterocycles. The Hall–Kier alpha value is -2.05. The highest BCUT2D eigenvalue weighted by molar-refractivity contribution is 7.91. The summed E-state index contributed by atoms with van der Waals surface area (Å²) in [5.74, 6) is 0.614. The number of nitrogens with zero attached hydrogens (tertiary/aromatic N) is 1. The van der Waals surface area contributed by atoms with Crippen molar-refractivity contribution in [2.45, 2.75) is 23.2 Å². The summed E-state index contributed by atoms with van der Waals surface area (Å²) in [4.78, 5) is 4.54. The Balaban J connectivity index is 1.52. The lowest BCUT2D eigenvalue weighted by Crippen LogP contribution is -2.42. The van der Waals surface area contributed by atoms with E-state index in [1.54, 1.807) is 37.4 Å². The molecule has 1 fully saturated rings. The minimum absolute atomic E-state index is 0.0111. The fraction of sp³-hybridized carbons (Fsp3) is 0.350. The number of hydrogen-bond acceptors (Lipinski definition) is 3. The van der Waals surface area contributed by atoms with Crippen molar-refractivity contribution in [2.24, 2.45) is 4.99 Å². The minimum atomic E-state index is -3.30. The van der Waals surface area contributed by atoms with E-state index in [0.717, 1.165) is 24.4 Å². The van der Waals surface area contributed by atoms with Gasteiger partial charge in [-0.15, -0.1) is 0 Å². The molecule has 2 aromatic rings. The smallest absolute Gasteiger partial charge is 0.191 e. The van der Waals surface area contributed by atoms with Gasteiger partial charge in [0.1, 0.15) is 0 Å². The van der Waals surface area contributed by atoms with Gasteiger partial charge in [0.05, 0.1) is 10.6 Å². The number of hydrogen-bond donors (Lipinski definition) is 2. The number of halogens is 1. The number of guanidine groups is 1. The number of benzene rings is 2. The summed E-state index contributed by atoms with van der Waals surface area (Å²) in [6.45, 7) is 1.03. The first kappa shape index (κ1) is 19.7. The van der Waals surface area contributed by atoms with Crippen molar-refractivity contribution >= 4 is 27.4 Å². The number of aliphatic imine (C=N–C) groups is 1. The monoisotopic (exact) mass is 405 g/mol. The topological polar surface area (TPSA) is 70.6 Å². The Morgan fingerprint density at radius 3 is 2.48 bits per heavy atom. The van der Waals surface area contributed by atoms with Gasteiger partial charge < -0.3 is 10.6 Å². The molecule has 5 nitrogen and oxygen atoms in total. The zero-order valence-electron chi connectivity index (χ0n) is 15.3. The van der Waals surface area contributed by atoms with Gasteiger partial charge in [-0.3, -0.25) is 4.99 Å². The van der Waals surface area contributed by atoms with Gasteiger partial charge in [-0.25, -0.2) is 8.42 Å². The molecule has 144 valence electrons. The first-order valence-corrected chi connectivity index (χ1v) is 11.0. The zero-order chi connectivity index (χ0) is 19.3. The van der Waals surface area contributed by atoms with Gasteiger partial charge in [0.25, 0.3) is 0 Å². The van der Waals surface area contributed by atoms with Gasteiger partial charge in [-0.1, -0.05) is 41.9 Å². The van der Waals surface area contributed by atoms with Crippen molar-refractivity contribution in [2.75, 3.05) is 25.9 Å². The Morgan fingerprint density at radius 2 is 1.85 bits per heavy atom. The predicted octanol–water partition coefficient (Wildman–Crippen LogP) is 3.01. The second-order valence-electron chi connectivity index (χ2n) is 6.78. The molecule has 0 spiro atoms. The maximum absolute atomic E-state index is 12.3. The van der Waals surface area contributed by atoms with Crippen LogP contribution in [-0.4, -0.2) is 40.3 Å². The molecule has 0 heterocycles. The molecule has 0 aromatic heterocycles. The van der Waals surface area contributed by atoms with Crippen LogP contribution in [0.25, 0.3) is 0 Å². The Kier molecular flexibility index (Phi) is 6.07. The van der Waals surface area contributed by atoms with Crippen LogP contribution in [0.4, 0.5) is 0 Å². The van der Waals surface area contributed by atoms with E-state index in [1.165, 1.54) is 5.56 Å². The molecule has 0 unspecified atom stereocenters. The van der Waals surface area contributed by atoms with Crippen LogP contribution < -0.4 is 10.6 Å². The molecule has 0 amide bonds. The third-order valence-corrected chi connectivity index (χ3v) is 6.84. The summed E-state index contributed by atoms with van der Waals surface area (Å²) in [7, 11) is -1.62. The zero-order valence-corrected chi connectivity index (χ0v) is 16.9. The third-order valence-electron chi connectivity index (χ3n) is 4.87. The molecular formula is C20H24ClN3O2S. The van der Waals surface area contributed by atoms with E-state index < -0.39 is 9.84 Å². The van der Waals surface area contributed by atoms with Crippen molar-refractivity contribution in [3.8, 4) is 0 Å². The summed E-state index contributed by atoms with van der Waals surface area (Å²) >= 11 is 6.12. The lowest BCUT2D eigenvalue weighted by Gasteiger charge is -2.19. The van der Waals surface area contributed by atoms with Crippen LogP contribution in [0.1, 0.15) is 18.4 Å². The van der Waals surface area contributed by atoms with Crippen molar-refractivity contribution < 1.29 is 8.42 Å². The highest BCUT2D eigenvalue weighted by Gasteiger charge is 2.44. The number of nitrogens with one attached hydrogen (secondary N) is 2. The van der Waals surface area contributed by atoms with Gasteiger partial charge in [-0.2, -0.15) is 0 Å². The van der Waals surface area contributed by atoms with Gasteiger partial charge in [0, 0.05) is 30.6 Å². The lowest BCUT2D eigenvalue weighted by molar-refractivity contribution is 0.594. The largest absolute Gasteiger partial charge is 0.356 e. The van der Waals surface area contributed by atoms with E-state index in [1.807, 2.05) is 18.2 Å². The Bertz CT molecular complexity index is 910. The highest BCUT2D eigenvalue weighted by atomic mass is 35.5. The van der Waals surface area contributed by atoms with Crippen molar-refractivity contribution in [1.82, 2.24) is 10.6 Å². The van der Waals surface area contributed by atoms with Crippen LogP contribution in [0.2, 0.25) is 5.02 Å². The van der Waals surface area contributed by atoms with Crippen LogP contribution in [-0.2, 0) is 15.3 Å².